The number of nitrogens with zero attached hydrogens (tertiary/aromatic N) is 1. The van der Waals surface area contributed by atoms with Crippen molar-refractivity contribution in [1.29, 1.82) is 0 Å². The molecule has 0 bridgehead atoms. The van der Waals surface area contributed by atoms with E-state index in [-0.39, 0.29) is 12.1 Å². The highest BCUT2D eigenvalue weighted by Gasteiger charge is 2.13. The first-order valence-corrected chi connectivity index (χ1v) is 7.29. The highest BCUT2D eigenvalue weighted by Crippen LogP contribution is 2.15. The van der Waals surface area contributed by atoms with Crippen molar-refractivity contribution < 1.29 is 9.53 Å². The molecule has 0 fully saturated rings. The minimum atomic E-state index is -0.0980. The molecule has 0 aliphatic carbocycles. The number of hydrogen-bond donors (Lipinski definition) is 1. The topological polar surface area (TPSA) is 41.6 Å². The smallest absolute Gasteiger partial charge is 0.317 e. The summed E-state index contributed by atoms with van der Waals surface area (Å²) in [4.78, 5) is 13.9. The molecule has 2 amide bonds. The monoisotopic (exact) mass is 298 g/mol. The van der Waals surface area contributed by atoms with E-state index in [1.165, 1.54) is 0 Å². The van der Waals surface area contributed by atoms with Crippen LogP contribution in [0.25, 0.3) is 0 Å². The van der Waals surface area contributed by atoms with Gasteiger partial charge in [0.15, 0.2) is 0 Å². The summed E-state index contributed by atoms with van der Waals surface area (Å²) >= 11 is 0. The van der Waals surface area contributed by atoms with E-state index in [9.17, 15) is 4.79 Å². The third-order valence-electron chi connectivity index (χ3n) is 3.54. The Hall–Kier alpha value is -2.49. The summed E-state index contributed by atoms with van der Waals surface area (Å²) in [6.45, 7) is 2.51. The Labute approximate surface area is 131 Å². The number of amides is 2. The van der Waals surface area contributed by atoms with Crippen LogP contribution in [0, 0.1) is 0 Å². The van der Waals surface area contributed by atoms with Crippen molar-refractivity contribution >= 4 is 6.03 Å². The van der Waals surface area contributed by atoms with Crippen LogP contribution in [0.4, 0.5) is 4.79 Å². The van der Waals surface area contributed by atoms with E-state index in [1.54, 1.807) is 19.1 Å². The van der Waals surface area contributed by atoms with E-state index < -0.39 is 0 Å². The number of methoxy groups -OCH3 is 1. The first-order chi connectivity index (χ1) is 10.6. The molecule has 0 aliphatic rings. The van der Waals surface area contributed by atoms with Crippen LogP contribution in [0.3, 0.4) is 0 Å². The lowest BCUT2D eigenvalue weighted by Crippen LogP contribution is -2.38. The Morgan fingerprint density at radius 2 is 1.91 bits per heavy atom. The van der Waals surface area contributed by atoms with Gasteiger partial charge in [-0.05, 0) is 30.2 Å². The van der Waals surface area contributed by atoms with E-state index in [0.29, 0.717) is 6.54 Å². The maximum absolute atomic E-state index is 12.3. The fraction of sp³-hybridized carbons (Fsp3) is 0.278. The molecule has 1 unspecified atom stereocenters. The summed E-state index contributed by atoms with van der Waals surface area (Å²) < 4.78 is 5.20. The fourth-order valence-electron chi connectivity index (χ4n) is 2.24. The van der Waals surface area contributed by atoms with Crippen LogP contribution in [-0.4, -0.2) is 25.1 Å². The second-order valence-electron chi connectivity index (χ2n) is 5.29. The van der Waals surface area contributed by atoms with E-state index in [2.05, 4.69) is 5.32 Å². The molecule has 0 aromatic heterocycles. The van der Waals surface area contributed by atoms with Gasteiger partial charge in [-0.1, -0.05) is 42.5 Å². The van der Waals surface area contributed by atoms with Gasteiger partial charge in [0.1, 0.15) is 5.75 Å². The third kappa shape index (κ3) is 4.25. The zero-order valence-electron chi connectivity index (χ0n) is 13.2. The van der Waals surface area contributed by atoms with Gasteiger partial charge < -0.3 is 15.0 Å². The number of carbonyl (C=O) groups excluding carboxylic acids is 1. The highest BCUT2D eigenvalue weighted by atomic mass is 16.5. The molecule has 0 heterocycles. The Morgan fingerprint density at radius 3 is 2.59 bits per heavy atom. The molecule has 0 aliphatic heterocycles. The minimum absolute atomic E-state index is 0.0264. The molecule has 0 spiro atoms. The van der Waals surface area contributed by atoms with Crippen LogP contribution in [0.2, 0.25) is 0 Å². The molecule has 22 heavy (non-hydrogen) atoms. The summed E-state index contributed by atoms with van der Waals surface area (Å²) in [5.74, 6) is 0.795. The number of rotatable bonds is 5. The zero-order valence-corrected chi connectivity index (χ0v) is 13.2. The second-order valence-corrected chi connectivity index (χ2v) is 5.29. The summed E-state index contributed by atoms with van der Waals surface area (Å²) in [6, 6.07) is 17.5. The molecular weight excluding hydrogens is 276 g/mol. The molecule has 4 heteroatoms. The van der Waals surface area contributed by atoms with E-state index in [1.807, 2.05) is 61.5 Å². The van der Waals surface area contributed by atoms with Crippen LogP contribution >= 0.6 is 0 Å². The van der Waals surface area contributed by atoms with Crippen LogP contribution in [-0.2, 0) is 6.54 Å². The summed E-state index contributed by atoms with van der Waals surface area (Å²) in [6.07, 6.45) is 0. The second kappa shape index (κ2) is 7.50. The van der Waals surface area contributed by atoms with Crippen LogP contribution in [0.15, 0.2) is 54.6 Å². The average molecular weight is 298 g/mol. The Morgan fingerprint density at radius 1 is 1.18 bits per heavy atom. The first kappa shape index (κ1) is 15.9. The van der Waals surface area contributed by atoms with Gasteiger partial charge in [-0.25, -0.2) is 4.79 Å². The van der Waals surface area contributed by atoms with Crippen molar-refractivity contribution in [2.45, 2.75) is 19.5 Å². The number of urea groups is 1. The molecule has 2 aromatic carbocycles. The Bertz CT molecular complexity index is 613. The molecule has 2 rings (SSSR count). The molecule has 1 N–H and O–H groups in total. The molecule has 116 valence electrons. The van der Waals surface area contributed by atoms with Crippen molar-refractivity contribution in [3.05, 3.63) is 65.7 Å². The fourth-order valence-corrected chi connectivity index (χ4v) is 2.24. The number of hydrogen-bond acceptors (Lipinski definition) is 2. The number of nitrogens with one attached hydrogen (secondary N) is 1. The van der Waals surface area contributed by atoms with Crippen LogP contribution in [0.5, 0.6) is 5.75 Å². The van der Waals surface area contributed by atoms with Gasteiger partial charge in [0, 0.05) is 13.6 Å². The number of ether oxygens (including phenoxy) is 1. The third-order valence-corrected chi connectivity index (χ3v) is 3.54. The van der Waals surface area contributed by atoms with Crippen molar-refractivity contribution in [1.82, 2.24) is 10.2 Å². The van der Waals surface area contributed by atoms with E-state index in [4.69, 9.17) is 4.74 Å². The Balaban J connectivity index is 1.94. The van der Waals surface area contributed by atoms with Gasteiger partial charge >= 0.3 is 6.03 Å². The van der Waals surface area contributed by atoms with Gasteiger partial charge in [-0.15, -0.1) is 0 Å². The lowest BCUT2D eigenvalue weighted by Gasteiger charge is -2.22. The van der Waals surface area contributed by atoms with E-state index in [0.717, 1.165) is 16.9 Å². The van der Waals surface area contributed by atoms with E-state index >= 15 is 0 Å². The van der Waals surface area contributed by atoms with Crippen molar-refractivity contribution in [3.8, 4) is 5.75 Å². The molecule has 2 aromatic rings. The van der Waals surface area contributed by atoms with Crippen LogP contribution in [0.1, 0.15) is 24.1 Å². The van der Waals surface area contributed by atoms with Crippen LogP contribution < -0.4 is 10.1 Å². The van der Waals surface area contributed by atoms with Gasteiger partial charge in [0.25, 0.3) is 0 Å². The molecule has 4 nitrogen and oxygen atoms in total. The predicted octanol–water partition coefficient (Wildman–Crippen LogP) is 3.60. The first-order valence-electron chi connectivity index (χ1n) is 7.29. The SMILES string of the molecule is COc1cccc(CN(C)C(=O)NC(C)c2ccccc2)c1. The molecular formula is C18H22N2O2. The number of carbonyl (C=O) groups is 1. The zero-order chi connectivity index (χ0) is 15.9. The van der Waals surface area contributed by atoms with Gasteiger partial charge in [0.2, 0.25) is 0 Å². The summed E-state index contributed by atoms with van der Waals surface area (Å²) in [5, 5.41) is 3.00. The predicted molar refractivity (Wildman–Crippen MR) is 87.8 cm³/mol. The molecule has 0 radical (unpaired) electrons. The van der Waals surface area contributed by atoms with Crippen molar-refractivity contribution in [2.24, 2.45) is 0 Å². The lowest BCUT2D eigenvalue weighted by atomic mass is 10.1. The minimum Gasteiger partial charge on any atom is -0.497 e. The molecule has 0 saturated heterocycles. The number of benzene rings is 2. The summed E-state index contributed by atoms with van der Waals surface area (Å²) in [7, 11) is 3.42. The average Bonchev–Trinajstić information content (AvgIpc) is 2.55. The normalized spacial score (nSPS) is 11.6. The maximum atomic E-state index is 12.3. The maximum Gasteiger partial charge on any atom is 0.317 e. The standard InChI is InChI=1S/C18H22N2O2/c1-14(16-9-5-4-6-10-16)19-18(21)20(2)13-15-8-7-11-17(12-15)22-3/h4-12,14H,13H2,1-3H3,(H,19,21). The lowest BCUT2D eigenvalue weighted by molar-refractivity contribution is 0.203. The molecule has 1 atom stereocenters. The van der Waals surface area contributed by atoms with Gasteiger partial charge in [-0.2, -0.15) is 0 Å². The largest absolute Gasteiger partial charge is 0.497 e. The van der Waals surface area contributed by atoms with Gasteiger partial charge in [-0.3, -0.25) is 0 Å². The molecule has 0 saturated carbocycles. The highest BCUT2D eigenvalue weighted by molar-refractivity contribution is 5.74. The van der Waals surface area contributed by atoms with Gasteiger partial charge in [0.05, 0.1) is 13.2 Å². The van der Waals surface area contributed by atoms with Crippen molar-refractivity contribution in [3.63, 3.8) is 0 Å². The quantitative estimate of drug-likeness (QED) is 0.916. The summed E-state index contributed by atoms with van der Waals surface area (Å²) in [5.41, 5.74) is 2.12. The van der Waals surface area contributed by atoms with Crippen molar-refractivity contribution in [2.75, 3.05) is 14.2 Å². The Kier molecular flexibility index (Phi) is 5.42.